The second kappa shape index (κ2) is 5.46. The van der Waals surface area contributed by atoms with E-state index in [-0.39, 0.29) is 0 Å². The molecule has 106 valence electrons. The number of fused-ring (bicyclic) bond motifs is 1. The Morgan fingerprint density at radius 3 is 3.05 bits per heavy atom. The molecule has 2 N–H and O–H groups in total. The van der Waals surface area contributed by atoms with Gasteiger partial charge >= 0.3 is 0 Å². The Hall–Kier alpha value is -1.14. The molecule has 2 saturated heterocycles. The molecule has 3 heterocycles. The van der Waals surface area contributed by atoms with Gasteiger partial charge in [0, 0.05) is 32.1 Å². The fourth-order valence-electron chi connectivity index (χ4n) is 3.08. The number of hydrogen-bond donors (Lipinski definition) is 2. The summed E-state index contributed by atoms with van der Waals surface area (Å²) in [5, 5.41) is 11.1. The second-order valence-electron chi connectivity index (χ2n) is 6.00. The van der Waals surface area contributed by atoms with E-state index in [4.69, 9.17) is 0 Å². The molecule has 6 nitrogen and oxygen atoms in total. The van der Waals surface area contributed by atoms with E-state index in [1.807, 2.05) is 0 Å². The van der Waals surface area contributed by atoms with Gasteiger partial charge < -0.3 is 15.1 Å². The van der Waals surface area contributed by atoms with Crippen LogP contribution < -0.4 is 10.2 Å². The number of aromatic nitrogens is 3. The van der Waals surface area contributed by atoms with Crippen LogP contribution in [0.4, 0.5) is 5.95 Å². The van der Waals surface area contributed by atoms with Crippen LogP contribution in [0.5, 0.6) is 0 Å². The molecule has 1 aromatic rings. The van der Waals surface area contributed by atoms with Crippen molar-refractivity contribution >= 4 is 5.95 Å². The number of piperidine rings is 1. The molecular weight excluding hydrogens is 240 g/mol. The maximum Gasteiger partial charge on any atom is 0.244 e. The first-order valence-electron chi connectivity index (χ1n) is 7.27. The Kier molecular flexibility index (Phi) is 3.70. The van der Waals surface area contributed by atoms with Crippen LogP contribution in [0.15, 0.2) is 0 Å². The molecule has 2 unspecified atom stereocenters. The molecule has 1 aromatic heterocycles. The lowest BCUT2D eigenvalue weighted by Crippen LogP contribution is -2.40. The van der Waals surface area contributed by atoms with Crippen LogP contribution in [0.1, 0.15) is 18.7 Å². The van der Waals surface area contributed by atoms with Crippen LogP contribution >= 0.6 is 0 Å². The Labute approximate surface area is 114 Å². The van der Waals surface area contributed by atoms with E-state index in [0.29, 0.717) is 6.04 Å². The number of likely N-dealkylation sites (N-methyl/N-ethyl adjacent to an activating group) is 1. The molecule has 0 aliphatic carbocycles. The van der Waals surface area contributed by atoms with Gasteiger partial charge in [-0.1, -0.05) is 0 Å². The Bertz CT molecular complexity index is 401. The summed E-state index contributed by atoms with van der Waals surface area (Å²) in [6.07, 6.45) is 3.57. The lowest BCUT2D eigenvalue weighted by molar-refractivity contribution is 0.340. The van der Waals surface area contributed by atoms with Crippen LogP contribution in [-0.2, 0) is 6.42 Å². The summed E-state index contributed by atoms with van der Waals surface area (Å²) in [4.78, 5) is 9.11. The lowest BCUT2D eigenvalue weighted by Gasteiger charge is -2.24. The fraction of sp³-hybridized carbons (Fsp3) is 0.846. The van der Waals surface area contributed by atoms with Crippen LogP contribution in [0.2, 0.25) is 0 Å². The highest BCUT2D eigenvalue weighted by Gasteiger charge is 2.35. The van der Waals surface area contributed by atoms with E-state index < -0.39 is 0 Å². The molecule has 0 radical (unpaired) electrons. The Morgan fingerprint density at radius 1 is 1.37 bits per heavy atom. The first kappa shape index (κ1) is 12.9. The third-order valence-corrected chi connectivity index (χ3v) is 4.20. The lowest BCUT2D eigenvalue weighted by atomic mass is 9.94. The summed E-state index contributed by atoms with van der Waals surface area (Å²) in [6, 6.07) is 0.637. The van der Waals surface area contributed by atoms with Gasteiger partial charge in [0.25, 0.3) is 0 Å². The van der Waals surface area contributed by atoms with Crippen LogP contribution in [0.25, 0.3) is 0 Å². The van der Waals surface area contributed by atoms with Gasteiger partial charge in [0.1, 0.15) is 5.82 Å². The van der Waals surface area contributed by atoms with Crippen molar-refractivity contribution in [1.29, 1.82) is 0 Å². The minimum absolute atomic E-state index is 0.637. The minimum Gasteiger partial charge on any atom is -0.338 e. The quantitative estimate of drug-likeness (QED) is 0.807. The summed E-state index contributed by atoms with van der Waals surface area (Å²) < 4.78 is 0. The summed E-state index contributed by atoms with van der Waals surface area (Å²) in [6.45, 7) is 4.32. The first-order valence-corrected chi connectivity index (χ1v) is 7.27. The number of hydrogen-bond acceptors (Lipinski definition) is 5. The zero-order valence-corrected chi connectivity index (χ0v) is 11.9. The molecule has 6 heteroatoms. The van der Waals surface area contributed by atoms with Crippen molar-refractivity contribution in [2.24, 2.45) is 5.92 Å². The third-order valence-electron chi connectivity index (χ3n) is 4.20. The predicted molar refractivity (Wildman–Crippen MR) is 75.4 cm³/mol. The second-order valence-corrected chi connectivity index (χ2v) is 6.00. The number of aromatic amines is 1. The van der Waals surface area contributed by atoms with Gasteiger partial charge in [-0.3, -0.25) is 5.10 Å². The zero-order chi connectivity index (χ0) is 13.2. The van der Waals surface area contributed by atoms with Crippen molar-refractivity contribution in [3.63, 3.8) is 0 Å². The molecule has 3 rings (SSSR count). The molecule has 0 spiro atoms. The van der Waals surface area contributed by atoms with Crippen molar-refractivity contribution in [2.45, 2.75) is 25.3 Å². The zero-order valence-electron chi connectivity index (χ0n) is 11.9. The molecule has 2 aliphatic heterocycles. The van der Waals surface area contributed by atoms with Gasteiger partial charge in [-0.05, 0) is 39.4 Å². The number of anilines is 1. The van der Waals surface area contributed by atoms with Crippen molar-refractivity contribution in [1.82, 2.24) is 25.4 Å². The van der Waals surface area contributed by atoms with E-state index in [1.165, 1.54) is 12.8 Å². The minimum atomic E-state index is 0.637. The standard InChI is InChI=1S/C13H24N6/c1-18(2)7-5-12-15-13(17-16-12)19-8-10-4-3-6-14-11(10)9-19/h10-11,14H,3-9H2,1-2H3,(H,15,16,17). The molecule has 0 bridgehead atoms. The monoisotopic (exact) mass is 264 g/mol. The van der Waals surface area contributed by atoms with Crippen molar-refractivity contribution in [3.8, 4) is 0 Å². The maximum atomic E-state index is 4.63. The topological polar surface area (TPSA) is 60.1 Å². The molecule has 19 heavy (non-hydrogen) atoms. The fourth-order valence-corrected chi connectivity index (χ4v) is 3.08. The third kappa shape index (κ3) is 2.90. The highest BCUT2D eigenvalue weighted by molar-refractivity contribution is 5.32. The normalized spacial score (nSPS) is 27.0. The van der Waals surface area contributed by atoms with Crippen molar-refractivity contribution < 1.29 is 0 Å². The SMILES string of the molecule is CN(C)CCc1nc(N2CC3CCCNC3C2)n[nH]1. The molecule has 0 saturated carbocycles. The van der Waals surface area contributed by atoms with E-state index in [9.17, 15) is 0 Å². The molecule has 0 aromatic carbocycles. The summed E-state index contributed by atoms with van der Waals surface area (Å²) in [5.74, 6) is 2.65. The van der Waals surface area contributed by atoms with Crippen LogP contribution in [0, 0.1) is 5.92 Å². The van der Waals surface area contributed by atoms with Gasteiger partial charge in [-0.2, -0.15) is 4.98 Å². The predicted octanol–water partition coefficient (Wildman–Crippen LogP) is 0.0970. The Morgan fingerprint density at radius 2 is 2.26 bits per heavy atom. The number of H-pyrrole nitrogens is 1. The molecule has 2 aliphatic rings. The van der Waals surface area contributed by atoms with Gasteiger partial charge in [0.15, 0.2) is 0 Å². The van der Waals surface area contributed by atoms with Gasteiger partial charge in [0.05, 0.1) is 0 Å². The van der Waals surface area contributed by atoms with Crippen molar-refractivity contribution in [3.05, 3.63) is 5.82 Å². The largest absolute Gasteiger partial charge is 0.338 e. The number of rotatable bonds is 4. The summed E-state index contributed by atoms with van der Waals surface area (Å²) >= 11 is 0. The average molecular weight is 264 g/mol. The van der Waals surface area contributed by atoms with Crippen LogP contribution in [0.3, 0.4) is 0 Å². The van der Waals surface area contributed by atoms with Gasteiger partial charge in [0.2, 0.25) is 5.95 Å². The van der Waals surface area contributed by atoms with E-state index >= 15 is 0 Å². The van der Waals surface area contributed by atoms with E-state index in [1.54, 1.807) is 0 Å². The molecule has 2 fully saturated rings. The van der Waals surface area contributed by atoms with Crippen molar-refractivity contribution in [2.75, 3.05) is 45.2 Å². The maximum absolute atomic E-state index is 4.63. The first-order chi connectivity index (χ1) is 9.22. The molecule has 0 amide bonds. The smallest absolute Gasteiger partial charge is 0.244 e. The summed E-state index contributed by atoms with van der Waals surface area (Å²) in [7, 11) is 4.15. The Balaban J connectivity index is 1.60. The number of nitrogens with one attached hydrogen (secondary N) is 2. The van der Waals surface area contributed by atoms with E-state index in [0.717, 1.165) is 50.3 Å². The average Bonchev–Trinajstić information content (AvgIpc) is 3.02. The highest BCUT2D eigenvalue weighted by atomic mass is 15.4. The molecule has 2 atom stereocenters. The van der Waals surface area contributed by atoms with Crippen LogP contribution in [-0.4, -0.2) is 66.4 Å². The van der Waals surface area contributed by atoms with E-state index in [2.05, 4.69) is 44.4 Å². The van der Waals surface area contributed by atoms with Gasteiger partial charge in [-0.25, -0.2) is 0 Å². The number of nitrogens with zero attached hydrogens (tertiary/aromatic N) is 4. The summed E-state index contributed by atoms with van der Waals surface area (Å²) in [5.41, 5.74) is 0. The molecular formula is C13H24N6. The van der Waals surface area contributed by atoms with Gasteiger partial charge in [-0.15, -0.1) is 5.10 Å². The highest BCUT2D eigenvalue weighted by Crippen LogP contribution is 2.27.